The molecule has 0 bridgehead atoms. The van der Waals surface area contributed by atoms with Crippen molar-refractivity contribution < 1.29 is 4.39 Å². The molecule has 0 aliphatic carbocycles. The van der Waals surface area contributed by atoms with E-state index in [0.717, 1.165) is 17.4 Å². The maximum absolute atomic E-state index is 13.3. The average molecular weight is 261 g/mol. The summed E-state index contributed by atoms with van der Waals surface area (Å²) in [4.78, 5) is 0. The van der Waals surface area contributed by atoms with E-state index < -0.39 is 0 Å². The van der Waals surface area contributed by atoms with Gasteiger partial charge in [-0.25, -0.2) is 4.39 Å². The summed E-state index contributed by atoms with van der Waals surface area (Å²) >= 11 is 3.29. The Morgan fingerprint density at radius 3 is 2.93 bits per heavy atom. The van der Waals surface area contributed by atoms with Crippen LogP contribution in [0.5, 0.6) is 0 Å². The first kappa shape index (κ1) is 11.6. The minimum Gasteiger partial charge on any atom is -0.324 e. The molecule has 0 heterocycles. The fourth-order valence-corrected chi connectivity index (χ4v) is 1.63. The number of nitrogens with one attached hydrogen (secondary N) is 1. The highest BCUT2D eigenvalue weighted by molar-refractivity contribution is 9.10. The van der Waals surface area contributed by atoms with Gasteiger partial charge in [-0.15, -0.1) is 0 Å². The lowest BCUT2D eigenvalue weighted by molar-refractivity contribution is 0.554. The summed E-state index contributed by atoms with van der Waals surface area (Å²) in [6.07, 6.45) is 0.726. The van der Waals surface area contributed by atoms with Crippen LogP contribution in [0.15, 0.2) is 22.7 Å². The van der Waals surface area contributed by atoms with Gasteiger partial charge in [-0.2, -0.15) is 0 Å². The van der Waals surface area contributed by atoms with Crippen molar-refractivity contribution in [2.45, 2.75) is 12.5 Å². The Morgan fingerprint density at radius 2 is 2.29 bits per heavy atom. The van der Waals surface area contributed by atoms with Crippen LogP contribution >= 0.6 is 15.9 Å². The third kappa shape index (κ3) is 3.04. The van der Waals surface area contributed by atoms with E-state index in [0.29, 0.717) is 5.56 Å². The minimum atomic E-state index is -0.250. The van der Waals surface area contributed by atoms with Gasteiger partial charge in [-0.05, 0) is 38.2 Å². The Kier molecular flexibility index (Phi) is 4.51. The Morgan fingerprint density at radius 1 is 1.57 bits per heavy atom. The summed E-state index contributed by atoms with van der Waals surface area (Å²) in [6, 6.07) is 4.58. The summed E-state index contributed by atoms with van der Waals surface area (Å²) in [7, 11) is 1.85. The number of halogens is 2. The van der Waals surface area contributed by atoms with Gasteiger partial charge in [-0.1, -0.05) is 15.9 Å². The van der Waals surface area contributed by atoms with Gasteiger partial charge < -0.3 is 11.1 Å². The molecular weight excluding hydrogens is 247 g/mol. The highest BCUT2D eigenvalue weighted by Crippen LogP contribution is 2.21. The van der Waals surface area contributed by atoms with Crippen molar-refractivity contribution in [2.75, 3.05) is 13.6 Å². The van der Waals surface area contributed by atoms with Gasteiger partial charge in [-0.3, -0.25) is 0 Å². The first-order chi connectivity index (χ1) is 6.65. The summed E-state index contributed by atoms with van der Waals surface area (Å²) < 4.78 is 14.2. The lowest BCUT2D eigenvalue weighted by atomic mass is 10.0. The maximum Gasteiger partial charge on any atom is 0.128 e. The van der Waals surface area contributed by atoms with Crippen LogP contribution in [-0.2, 0) is 0 Å². The molecule has 3 N–H and O–H groups in total. The van der Waals surface area contributed by atoms with Crippen molar-refractivity contribution >= 4 is 15.9 Å². The highest BCUT2D eigenvalue weighted by Gasteiger charge is 2.10. The van der Waals surface area contributed by atoms with Gasteiger partial charge in [0, 0.05) is 16.1 Å². The van der Waals surface area contributed by atoms with Crippen LogP contribution in [-0.4, -0.2) is 13.6 Å². The fourth-order valence-electron chi connectivity index (χ4n) is 1.25. The van der Waals surface area contributed by atoms with Gasteiger partial charge in [0.25, 0.3) is 0 Å². The zero-order chi connectivity index (χ0) is 10.6. The molecular formula is C10H14BrFN2. The maximum atomic E-state index is 13.3. The predicted molar refractivity (Wildman–Crippen MR) is 59.6 cm³/mol. The SMILES string of the molecule is CNCCC(N)c1cc(Br)ccc1F. The van der Waals surface area contributed by atoms with Gasteiger partial charge in [0.1, 0.15) is 5.82 Å². The largest absolute Gasteiger partial charge is 0.324 e. The molecule has 2 nitrogen and oxygen atoms in total. The van der Waals surface area contributed by atoms with Gasteiger partial charge in [0.15, 0.2) is 0 Å². The first-order valence-corrected chi connectivity index (χ1v) is 5.29. The Bertz CT molecular complexity index is 304. The van der Waals surface area contributed by atoms with Crippen LogP contribution < -0.4 is 11.1 Å². The van der Waals surface area contributed by atoms with Crippen LogP contribution in [0.3, 0.4) is 0 Å². The van der Waals surface area contributed by atoms with Crippen LogP contribution in [0.2, 0.25) is 0 Å². The third-order valence-corrected chi connectivity index (χ3v) is 2.56. The van der Waals surface area contributed by atoms with Crippen molar-refractivity contribution in [1.82, 2.24) is 5.32 Å². The number of nitrogens with two attached hydrogens (primary N) is 1. The van der Waals surface area contributed by atoms with Crippen molar-refractivity contribution in [2.24, 2.45) is 5.73 Å². The normalized spacial score (nSPS) is 12.9. The van der Waals surface area contributed by atoms with E-state index >= 15 is 0 Å². The third-order valence-electron chi connectivity index (χ3n) is 2.06. The molecule has 4 heteroatoms. The Balaban J connectivity index is 2.77. The second-order valence-electron chi connectivity index (χ2n) is 3.16. The summed E-state index contributed by atoms with van der Waals surface area (Å²) in [5.41, 5.74) is 6.41. The second-order valence-corrected chi connectivity index (χ2v) is 4.08. The lowest BCUT2D eigenvalue weighted by Crippen LogP contribution is -2.18. The van der Waals surface area contributed by atoms with Gasteiger partial charge in [0.2, 0.25) is 0 Å². The van der Waals surface area contributed by atoms with Crippen LogP contribution in [0.1, 0.15) is 18.0 Å². The van der Waals surface area contributed by atoms with E-state index in [1.54, 1.807) is 12.1 Å². The molecule has 0 aliphatic heterocycles. The van der Waals surface area contributed by atoms with Crippen molar-refractivity contribution in [3.63, 3.8) is 0 Å². The molecule has 1 aromatic carbocycles. The number of hydrogen-bond donors (Lipinski definition) is 2. The van der Waals surface area contributed by atoms with E-state index in [1.165, 1.54) is 6.07 Å². The number of benzene rings is 1. The summed E-state index contributed by atoms with van der Waals surface area (Å²) in [5, 5.41) is 2.99. The van der Waals surface area contributed by atoms with Gasteiger partial charge >= 0.3 is 0 Å². The first-order valence-electron chi connectivity index (χ1n) is 4.50. The fraction of sp³-hybridized carbons (Fsp3) is 0.400. The zero-order valence-electron chi connectivity index (χ0n) is 8.06. The molecule has 78 valence electrons. The van der Waals surface area contributed by atoms with E-state index in [2.05, 4.69) is 21.2 Å². The molecule has 0 fully saturated rings. The quantitative estimate of drug-likeness (QED) is 0.872. The highest BCUT2D eigenvalue weighted by atomic mass is 79.9. The molecule has 1 atom stereocenters. The smallest absolute Gasteiger partial charge is 0.128 e. The Hall–Kier alpha value is -0.450. The summed E-state index contributed by atoms with van der Waals surface area (Å²) in [5.74, 6) is -0.239. The minimum absolute atomic E-state index is 0.239. The average Bonchev–Trinajstić information content (AvgIpc) is 2.18. The van der Waals surface area contributed by atoms with E-state index in [1.807, 2.05) is 7.05 Å². The molecule has 0 aliphatic rings. The van der Waals surface area contributed by atoms with E-state index in [4.69, 9.17) is 5.73 Å². The van der Waals surface area contributed by atoms with E-state index in [-0.39, 0.29) is 11.9 Å². The molecule has 0 radical (unpaired) electrons. The second kappa shape index (κ2) is 5.44. The van der Waals surface area contributed by atoms with Crippen LogP contribution in [0.4, 0.5) is 4.39 Å². The molecule has 1 aromatic rings. The molecule has 1 unspecified atom stereocenters. The predicted octanol–water partition coefficient (Wildman–Crippen LogP) is 2.20. The molecule has 0 saturated heterocycles. The van der Waals surface area contributed by atoms with Crippen molar-refractivity contribution in [3.8, 4) is 0 Å². The molecule has 1 rings (SSSR count). The Labute approximate surface area is 91.8 Å². The van der Waals surface area contributed by atoms with Crippen molar-refractivity contribution in [1.29, 1.82) is 0 Å². The van der Waals surface area contributed by atoms with E-state index in [9.17, 15) is 4.39 Å². The van der Waals surface area contributed by atoms with Gasteiger partial charge in [0.05, 0.1) is 0 Å². The zero-order valence-corrected chi connectivity index (χ0v) is 9.64. The number of hydrogen-bond acceptors (Lipinski definition) is 2. The lowest BCUT2D eigenvalue weighted by Gasteiger charge is -2.12. The molecule has 14 heavy (non-hydrogen) atoms. The van der Waals surface area contributed by atoms with Crippen LogP contribution in [0, 0.1) is 5.82 Å². The monoisotopic (exact) mass is 260 g/mol. The molecule has 0 amide bonds. The molecule has 0 aromatic heterocycles. The topological polar surface area (TPSA) is 38.0 Å². The van der Waals surface area contributed by atoms with Crippen molar-refractivity contribution in [3.05, 3.63) is 34.1 Å². The molecule has 0 saturated carbocycles. The standard InChI is InChI=1S/C10H14BrFN2/c1-14-5-4-10(13)8-6-7(11)2-3-9(8)12/h2-3,6,10,14H,4-5,13H2,1H3. The molecule has 0 spiro atoms. The number of rotatable bonds is 4. The summed E-state index contributed by atoms with van der Waals surface area (Å²) in [6.45, 7) is 0.785. The van der Waals surface area contributed by atoms with Crippen LogP contribution in [0.25, 0.3) is 0 Å².